The summed E-state index contributed by atoms with van der Waals surface area (Å²) >= 11 is 6.08. The molecule has 2 aromatic heterocycles. The van der Waals surface area contributed by atoms with Crippen LogP contribution in [0.2, 0.25) is 5.02 Å². The molecular weight excluding hydrogens is 278 g/mol. The predicted molar refractivity (Wildman–Crippen MR) is 74.4 cm³/mol. The number of rotatable bonds is 3. The third kappa shape index (κ3) is 2.48. The summed E-state index contributed by atoms with van der Waals surface area (Å²) < 4.78 is 4.69. The van der Waals surface area contributed by atoms with Gasteiger partial charge in [0.2, 0.25) is 0 Å². The molecular formula is C14H10ClN3O2. The number of pyridine rings is 1. The number of fused-ring (bicyclic) bond motifs is 1. The molecule has 0 aliphatic rings. The molecule has 1 aromatic carbocycles. The maximum Gasteiger partial charge on any atom is 0.270 e. The van der Waals surface area contributed by atoms with Crippen molar-refractivity contribution in [2.75, 3.05) is 0 Å². The van der Waals surface area contributed by atoms with Crippen LogP contribution in [0.15, 0.2) is 47.2 Å². The molecule has 1 amide bonds. The number of carbonyl (C=O) groups is 1. The molecule has 3 aromatic rings. The molecule has 6 heteroatoms. The summed E-state index contributed by atoms with van der Waals surface area (Å²) in [6, 6.07) is 10.6. The van der Waals surface area contributed by atoms with E-state index in [9.17, 15) is 4.79 Å². The molecule has 3 rings (SSSR count). The van der Waals surface area contributed by atoms with E-state index < -0.39 is 0 Å². The van der Waals surface area contributed by atoms with Gasteiger partial charge in [-0.15, -0.1) is 0 Å². The summed E-state index contributed by atoms with van der Waals surface area (Å²) in [5, 5.41) is 7.85. The lowest BCUT2D eigenvalue weighted by Crippen LogP contribution is -2.23. The smallest absolute Gasteiger partial charge is 0.270 e. The van der Waals surface area contributed by atoms with Crippen molar-refractivity contribution in [2.45, 2.75) is 6.54 Å². The Kier molecular flexibility index (Phi) is 3.35. The van der Waals surface area contributed by atoms with Crippen LogP contribution in [-0.2, 0) is 6.54 Å². The zero-order valence-corrected chi connectivity index (χ0v) is 11.1. The second-order valence-electron chi connectivity index (χ2n) is 4.18. The fourth-order valence-corrected chi connectivity index (χ4v) is 2.05. The number of hydrogen-bond acceptors (Lipinski definition) is 4. The van der Waals surface area contributed by atoms with Gasteiger partial charge in [-0.3, -0.25) is 4.79 Å². The lowest BCUT2D eigenvalue weighted by Gasteiger charge is -2.05. The second kappa shape index (κ2) is 5.30. The molecule has 5 nitrogen and oxygen atoms in total. The normalized spacial score (nSPS) is 10.7. The van der Waals surface area contributed by atoms with E-state index in [0.29, 0.717) is 21.9 Å². The largest absolute Gasteiger partial charge is 0.364 e. The van der Waals surface area contributed by atoms with Crippen LogP contribution in [0.25, 0.3) is 10.9 Å². The minimum Gasteiger partial charge on any atom is -0.364 e. The molecule has 100 valence electrons. The first-order valence-corrected chi connectivity index (χ1v) is 6.34. The van der Waals surface area contributed by atoms with Crippen molar-refractivity contribution in [1.29, 1.82) is 0 Å². The first kappa shape index (κ1) is 12.6. The highest BCUT2D eigenvalue weighted by molar-refractivity contribution is 6.35. The number of aromatic nitrogens is 2. The van der Waals surface area contributed by atoms with Gasteiger partial charge in [0.05, 0.1) is 17.1 Å². The number of benzene rings is 1. The summed E-state index contributed by atoms with van der Waals surface area (Å²) in [6.07, 6.45) is 1.45. The van der Waals surface area contributed by atoms with Gasteiger partial charge in [-0.05, 0) is 12.1 Å². The Morgan fingerprint density at radius 2 is 2.15 bits per heavy atom. The molecule has 1 N–H and O–H groups in total. The minimum absolute atomic E-state index is 0.283. The van der Waals surface area contributed by atoms with Gasteiger partial charge in [0.1, 0.15) is 17.7 Å². The zero-order valence-electron chi connectivity index (χ0n) is 10.3. The lowest BCUT2D eigenvalue weighted by molar-refractivity contribution is 0.0945. The van der Waals surface area contributed by atoms with Gasteiger partial charge in [-0.1, -0.05) is 35.0 Å². The van der Waals surface area contributed by atoms with Gasteiger partial charge in [0.25, 0.3) is 5.91 Å². The maximum absolute atomic E-state index is 12.0. The van der Waals surface area contributed by atoms with Crippen LogP contribution in [0.5, 0.6) is 0 Å². The average molecular weight is 288 g/mol. The van der Waals surface area contributed by atoms with Gasteiger partial charge in [0.15, 0.2) is 0 Å². The van der Waals surface area contributed by atoms with E-state index in [1.54, 1.807) is 18.2 Å². The third-order valence-electron chi connectivity index (χ3n) is 2.82. The van der Waals surface area contributed by atoms with E-state index in [0.717, 1.165) is 5.39 Å². The van der Waals surface area contributed by atoms with Crippen LogP contribution >= 0.6 is 11.6 Å². The molecule has 0 atom stereocenters. The van der Waals surface area contributed by atoms with Crippen molar-refractivity contribution in [2.24, 2.45) is 0 Å². The molecule has 0 unspecified atom stereocenters. The molecule has 0 saturated heterocycles. The summed E-state index contributed by atoms with van der Waals surface area (Å²) in [7, 11) is 0. The third-order valence-corrected chi connectivity index (χ3v) is 3.13. The zero-order chi connectivity index (χ0) is 13.9. The molecule has 0 spiro atoms. The number of carbonyl (C=O) groups excluding carboxylic acids is 1. The highest BCUT2D eigenvalue weighted by Gasteiger charge is 2.10. The highest BCUT2D eigenvalue weighted by atomic mass is 35.5. The van der Waals surface area contributed by atoms with Crippen LogP contribution in [0.4, 0.5) is 0 Å². The predicted octanol–water partition coefficient (Wildman–Crippen LogP) is 2.81. The number of nitrogens with zero attached hydrogens (tertiary/aromatic N) is 2. The summed E-state index contributed by atoms with van der Waals surface area (Å²) in [5.41, 5.74) is 1.58. The molecule has 20 heavy (non-hydrogen) atoms. The van der Waals surface area contributed by atoms with Crippen molar-refractivity contribution in [3.63, 3.8) is 0 Å². The Morgan fingerprint density at radius 1 is 1.25 bits per heavy atom. The van der Waals surface area contributed by atoms with Crippen molar-refractivity contribution < 1.29 is 9.32 Å². The Labute approximate surface area is 119 Å². The fraction of sp³-hybridized carbons (Fsp3) is 0.0714. The monoisotopic (exact) mass is 287 g/mol. The van der Waals surface area contributed by atoms with Crippen molar-refractivity contribution in [1.82, 2.24) is 15.5 Å². The summed E-state index contributed by atoms with van der Waals surface area (Å²) in [6.45, 7) is 0.289. The van der Waals surface area contributed by atoms with Crippen LogP contribution in [0.1, 0.15) is 16.2 Å². The summed E-state index contributed by atoms with van der Waals surface area (Å²) in [4.78, 5) is 16.3. The molecule has 0 bridgehead atoms. The lowest BCUT2D eigenvalue weighted by atomic mass is 10.2. The van der Waals surface area contributed by atoms with E-state index in [2.05, 4.69) is 15.5 Å². The Hall–Kier alpha value is -2.40. The second-order valence-corrected chi connectivity index (χ2v) is 4.59. The molecule has 0 saturated carbocycles. The molecule has 0 aliphatic carbocycles. The topological polar surface area (TPSA) is 68.0 Å². The highest BCUT2D eigenvalue weighted by Crippen LogP contribution is 2.21. The van der Waals surface area contributed by atoms with Crippen LogP contribution in [0, 0.1) is 0 Å². The maximum atomic E-state index is 12.0. The molecule has 2 heterocycles. The van der Waals surface area contributed by atoms with E-state index in [4.69, 9.17) is 16.1 Å². The number of amides is 1. The number of hydrogen-bond donors (Lipinski definition) is 1. The van der Waals surface area contributed by atoms with Crippen LogP contribution in [-0.4, -0.2) is 16.0 Å². The van der Waals surface area contributed by atoms with E-state index in [1.807, 2.05) is 18.2 Å². The van der Waals surface area contributed by atoms with Crippen molar-refractivity contribution in [3.05, 3.63) is 59.1 Å². The van der Waals surface area contributed by atoms with E-state index in [-0.39, 0.29) is 12.5 Å². The number of halogens is 1. The summed E-state index contributed by atoms with van der Waals surface area (Å²) in [5.74, 6) is -0.283. The first-order chi connectivity index (χ1) is 9.74. The standard InChI is InChI=1S/C14H10ClN3O2/c15-11-3-1-2-9-4-5-12(17-13(9)11)14(19)16-8-10-6-7-20-18-10/h1-7H,8H2,(H,16,19). The Balaban J connectivity index is 1.82. The molecule has 0 fully saturated rings. The Morgan fingerprint density at radius 3 is 2.95 bits per heavy atom. The van der Waals surface area contributed by atoms with Crippen molar-refractivity contribution >= 4 is 28.4 Å². The van der Waals surface area contributed by atoms with Gasteiger partial charge >= 0.3 is 0 Å². The van der Waals surface area contributed by atoms with Gasteiger partial charge in [-0.2, -0.15) is 0 Å². The van der Waals surface area contributed by atoms with E-state index >= 15 is 0 Å². The Bertz CT molecular complexity index is 756. The van der Waals surface area contributed by atoms with Crippen LogP contribution < -0.4 is 5.32 Å². The number of nitrogens with one attached hydrogen (secondary N) is 1. The van der Waals surface area contributed by atoms with E-state index in [1.165, 1.54) is 6.26 Å². The van der Waals surface area contributed by atoms with Gasteiger partial charge in [-0.25, -0.2) is 4.98 Å². The molecule has 0 aliphatic heterocycles. The average Bonchev–Trinajstić information content (AvgIpc) is 2.98. The fourth-order valence-electron chi connectivity index (χ4n) is 1.83. The molecule has 0 radical (unpaired) electrons. The van der Waals surface area contributed by atoms with Gasteiger partial charge < -0.3 is 9.84 Å². The SMILES string of the molecule is O=C(NCc1ccon1)c1ccc2cccc(Cl)c2n1. The quantitative estimate of drug-likeness (QED) is 0.804. The van der Waals surface area contributed by atoms with Gasteiger partial charge in [0, 0.05) is 11.5 Å². The van der Waals surface area contributed by atoms with Crippen LogP contribution in [0.3, 0.4) is 0 Å². The van der Waals surface area contributed by atoms with Crippen molar-refractivity contribution in [3.8, 4) is 0 Å². The number of para-hydroxylation sites is 1. The first-order valence-electron chi connectivity index (χ1n) is 5.97. The minimum atomic E-state index is -0.283.